The van der Waals surface area contributed by atoms with E-state index in [9.17, 15) is 4.79 Å². The highest BCUT2D eigenvalue weighted by molar-refractivity contribution is 5.98. The molecule has 3 heterocycles. The van der Waals surface area contributed by atoms with Gasteiger partial charge < -0.3 is 9.64 Å². The highest BCUT2D eigenvalue weighted by Gasteiger charge is 2.29. The average Bonchev–Trinajstić information content (AvgIpc) is 3.16. The topological polar surface area (TPSA) is 60.2 Å². The van der Waals surface area contributed by atoms with Crippen LogP contribution in [0.4, 0.5) is 0 Å². The zero-order chi connectivity index (χ0) is 17.9. The van der Waals surface area contributed by atoms with Crippen molar-refractivity contribution in [1.29, 1.82) is 0 Å². The van der Waals surface area contributed by atoms with Gasteiger partial charge >= 0.3 is 0 Å². The third-order valence-corrected chi connectivity index (χ3v) is 4.82. The molecule has 3 aromatic rings. The largest absolute Gasteiger partial charge is 0.382 e. The molecule has 0 fully saturated rings. The van der Waals surface area contributed by atoms with Gasteiger partial charge in [-0.2, -0.15) is 5.10 Å². The molecule has 0 aliphatic carbocycles. The Morgan fingerprint density at radius 3 is 3.08 bits per heavy atom. The van der Waals surface area contributed by atoms with Crippen LogP contribution in [-0.4, -0.2) is 45.3 Å². The summed E-state index contributed by atoms with van der Waals surface area (Å²) in [5.41, 5.74) is 2.66. The molecule has 0 saturated carbocycles. The van der Waals surface area contributed by atoms with E-state index < -0.39 is 0 Å². The van der Waals surface area contributed by atoms with Crippen LogP contribution >= 0.6 is 0 Å². The number of amides is 1. The van der Waals surface area contributed by atoms with E-state index in [0.717, 1.165) is 23.0 Å². The Morgan fingerprint density at radius 1 is 1.27 bits per heavy atom. The van der Waals surface area contributed by atoms with Crippen molar-refractivity contribution in [2.75, 3.05) is 19.8 Å². The molecule has 1 atom stereocenters. The molecular weight excluding hydrogens is 328 g/mol. The normalized spacial score (nSPS) is 16.7. The van der Waals surface area contributed by atoms with Crippen LogP contribution in [0.15, 0.2) is 48.8 Å². The van der Waals surface area contributed by atoms with Crippen molar-refractivity contribution in [3.63, 3.8) is 0 Å². The van der Waals surface area contributed by atoms with E-state index in [1.165, 1.54) is 0 Å². The summed E-state index contributed by atoms with van der Waals surface area (Å²) in [6.07, 6.45) is 4.41. The standard InChI is InChI=1S/C20H22N4O2/c1-2-26-11-8-18-14-23(13-17-7-10-22-24(17)18)20(25)16-5-6-19-15(12-16)4-3-9-21-19/h3-7,9-10,12,18H,2,8,11,13-14H2,1H3/t18-/m1/s1. The first-order valence-electron chi connectivity index (χ1n) is 9.00. The molecule has 0 N–H and O–H groups in total. The summed E-state index contributed by atoms with van der Waals surface area (Å²) in [5, 5.41) is 5.42. The number of rotatable bonds is 5. The number of carbonyl (C=O) groups is 1. The average molecular weight is 350 g/mol. The molecule has 0 bridgehead atoms. The van der Waals surface area contributed by atoms with E-state index in [-0.39, 0.29) is 11.9 Å². The molecule has 6 nitrogen and oxygen atoms in total. The van der Waals surface area contributed by atoms with Crippen molar-refractivity contribution in [3.8, 4) is 0 Å². The van der Waals surface area contributed by atoms with Crippen LogP contribution in [0, 0.1) is 0 Å². The van der Waals surface area contributed by atoms with E-state index in [1.54, 1.807) is 12.4 Å². The van der Waals surface area contributed by atoms with Gasteiger partial charge in [-0.1, -0.05) is 6.07 Å². The maximum Gasteiger partial charge on any atom is 0.254 e. The van der Waals surface area contributed by atoms with Gasteiger partial charge in [-0.05, 0) is 43.7 Å². The van der Waals surface area contributed by atoms with Crippen molar-refractivity contribution in [2.45, 2.75) is 25.9 Å². The second-order valence-electron chi connectivity index (χ2n) is 6.50. The molecule has 0 spiro atoms. The first-order valence-corrected chi connectivity index (χ1v) is 9.00. The Labute approximate surface area is 152 Å². The molecular formula is C20H22N4O2. The van der Waals surface area contributed by atoms with E-state index in [1.807, 2.05) is 52.9 Å². The molecule has 4 rings (SSSR count). The van der Waals surface area contributed by atoms with Crippen molar-refractivity contribution < 1.29 is 9.53 Å². The predicted molar refractivity (Wildman–Crippen MR) is 98.9 cm³/mol. The van der Waals surface area contributed by atoms with Gasteiger partial charge in [-0.15, -0.1) is 0 Å². The predicted octanol–water partition coefficient (Wildman–Crippen LogP) is 3.06. The smallest absolute Gasteiger partial charge is 0.254 e. The van der Waals surface area contributed by atoms with Gasteiger partial charge in [0.2, 0.25) is 0 Å². The highest BCUT2D eigenvalue weighted by atomic mass is 16.5. The number of nitrogens with zero attached hydrogens (tertiary/aromatic N) is 4. The maximum absolute atomic E-state index is 13.1. The Balaban J connectivity index is 1.57. The second kappa shape index (κ2) is 7.25. The fourth-order valence-corrected chi connectivity index (χ4v) is 3.51. The summed E-state index contributed by atoms with van der Waals surface area (Å²) in [5.74, 6) is 0.0459. The minimum atomic E-state index is 0.0459. The Kier molecular flexibility index (Phi) is 4.67. The van der Waals surface area contributed by atoms with E-state index in [0.29, 0.717) is 31.9 Å². The number of hydrogen-bond acceptors (Lipinski definition) is 4. The maximum atomic E-state index is 13.1. The summed E-state index contributed by atoms with van der Waals surface area (Å²) in [7, 11) is 0. The van der Waals surface area contributed by atoms with E-state index in [4.69, 9.17) is 4.74 Å². The lowest BCUT2D eigenvalue weighted by atomic mass is 10.1. The monoisotopic (exact) mass is 350 g/mol. The minimum Gasteiger partial charge on any atom is -0.382 e. The van der Waals surface area contributed by atoms with E-state index in [2.05, 4.69) is 10.1 Å². The number of carbonyl (C=O) groups excluding carboxylic acids is 1. The van der Waals surface area contributed by atoms with Crippen LogP contribution < -0.4 is 0 Å². The molecule has 26 heavy (non-hydrogen) atoms. The van der Waals surface area contributed by atoms with Gasteiger partial charge in [0.05, 0.1) is 23.8 Å². The Hall–Kier alpha value is -2.73. The molecule has 1 aliphatic heterocycles. The highest BCUT2D eigenvalue weighted by Crippen LogP contribution is 2.25. The van der Waals surface area contributed by atoms with Gasteiger partial charge in [0, 0.05) is 43.1 Å². The third-order valence-electron chi connectivity index (χ3n) is 4.82. The number of ether oxygens (including phenoxy) is 1. The van der Waals surface area contributed by atoms with Crippen LogP contribution in [0.5, 0.6) is 0 Å². The summed E-state index contributed by atoms with van der Waals surface area (Å²) < 4.78 is 7.54. The van der Waals surface area contributed by atoms with Crippen molar-refractivity contribution in [1.82, 2.24) is 19.7 Å². The van der Waals surface area contributed by atoms with Gasteiger partial charge in [0.1, 0.15) is 0 Å². The minimum absolute atomic E-state index is 0.0459. The number of aromatic nitrogens is 3. The summed E-state index contributed by atoms with van der Waals surface area (Å²) in [6.45, 7) is 4.59. The van der Waals surface area contributed by atoms with Gasteiger partial charge in [-0.25, -0.2) is 0 Å². The van der Waals surface area contributed by atoms with Crippen LogP contribution in [0.25, 0.3) is 10.9 Å². The van der Waals surface area contributed by atoms with E-state index >= 15 is 0 Å². The molecule has 0 saturated heterocycles. The summed E-state index contributed by atoms with van der Waals surface area (Å²) in [4.78, 5) is 19.3. The van der Waals surface area contributed by atoms with Crippen LogP contribution in [-0.2, 0) is 11.3 Å². The first kappa shape index (κ1) is 16.7. The quantitative estimate of drug-likeness (QED) is 0.664. The Bertz CT molecular complexity index is 921. The van der Waals surface area contributed by atoms with Crippen molar-refractivity contribution >= 4 is 16.8 Å². The van der Waals surface area contributed by atoms with Gasteiger partial charge in [-0.3, -0.25) is 14.5 Å². The molecule has 1 aromatic carbocycles. The molecule has 6 heteroatoms. The lowest BCUT2D eigenvalue weighted by Gasteiger charge is -2.34. The fraction of sp³-hybridized carbons (Fsp3) is 0.350. The van der Waals surface area contributed by atoms with Crippen LogP contribution in [0.1, 0.15) is 35.4 Å². The number of hydrogen-bond donors (Lipinski definition) is 0. The van der Waals surface area contributed by atoms with Gasteiger partial charge in [0.25, 0.3) is 5.91 Å². The molecule has 1 aliphatic rings. The lowest BCUT2D eigenvalue weighted by Crippen LogP contribution is -2.41. The molecule has 1 amide bonds. The lowest BCUT2D eigenvalue weighted by molar-refractivity contribution is 0.0625. The van der Waals surface area contributed by atoms with Crippen molar-refractivity contribution in [2.24, 2.45) is 0 Å². The van der Waals surface area contributed by atoms with Crippen molar-refractivity contribution in [3.05, 3.63) is 60.0 Å². The SMILES string of the molecule is CCOCC[C@@H]1CN(C(=O)c2ccc3ncccc3c2)Cc2ccnn21. The number of pyridine rings is 1. The summed E-state index contributed by atoms with van der Waals surface area (Å²) >= 11 is 0. The second-order valence-corrected chi connectivity index (χ2v) is 6.50. The summed E-state index contributed by atoms with van der Waals surface area (Å²) in [6, 6.07) is 11.7. The van der Waals surface area contributed by atoms with Crippen LogP contribution in [0.3, 0.4) is 0 Å². The van der Waals surface area contributed by atoms with Crippen LogP contribution in [0.2, 0.25) is 0 Å². The zero-order valence-corrected chi connectivity index (χ0v) is 14.8. The molecule has 134 valence electrons. The first-order chi connectivity index (χ1) is 12.8. The number of fused-ring (bicyclic) bond motifs is 2. The zero-order valence-electron chi connectivity index (χ0n) is 14.8. The molecule has 0 radical (unpaired) electrons. The Morgan fingerprint density at radius 2 is 2.19 bits per heavy atom. The van der Waals surface area contributed by atoms with Gasteiger partial charge in [0.15, 0.2) is 0 Å². The number of benzene rings is 1. The third kappa shape index (κ3) is 3.20. The fourth-order valence-electron chi connectivity index (χ4n) is 3.51. The molecule has 2 aromatic heterocycles. The molecule has 0 unspecified atom stereocenters.